The van der Waals surface area contributed by atoms with Crippen LogP contribution in [0.4, 0.5) is 0 Å². The number of aromatic nitrogens is 3. The highest BCUT2D eigenvalue weighted by atomic mass is 15.2. The minimum absolute atomic E-state index is 0.425. The molecule has 2 aromatic carbocycles. The normalized spacial score (nSPS) is 11.8. The number of benzene rings is 2. The molecule has 154 valence electrons. The van der Waals surface area contributed by atoms with Gasteiger partial charge in [0.1, 0.15) is 5.69 Å². The molecule has 0 aliphatic rings. The second-order valence-corrected chi connectivity index (χ2v) is 9.00. The number of pyridine rings is 1. The summed E-state index contributed by atoms with van der Waals surface area (Å²) in [6.07, 6.45) is 3.87. The van der Waals surface area contributed by atoms with Gasteiger partial charge in [0.05, 0.1) is 12.6 Å². The molecule has 0 unspecified atom stereocenters. The van der Waals surface area contributed by atoms with Crippen LogP contribution >= 0.6 is 0 Å². The van der Waals surface area contributed by atoms with Gasteiger partial charge in [-0.2, -0.15) is 4.57 Å². The van der Waals surface area contributed by atoms with Crippen molar-refractivity contribution in [2.75, 3.05) is 0 Å². The van der Waals surface area contributed by atoms with E-state index in [9.17, 15) is 0 Å². The Labute approximate surface area is 180 Å². The minimum atomic E-state index is 0.425. The lowest BCUT2D eigenvalue weighted by Gasteiger charge is -2.18. The van der Waals surface area contributed by atoms with Crippen LogP contribution in [0.1, 0.15) is 61.8 Å². The Kier molecular flexibility index (Phi) is 5.23. The first kappa shape index (κ1) is 20.3. The number of imidazole rings is 1. The largest absolute Gasteiger partial charge is 0.296 e. The molecule has 0 amide bonds. The molecule has 0 aliphatic carbocycles. The SMILES string of the molecule is Cc1ccc2c(c1)n(-c1c(C(C)C)cccc1C(C)C)c(-c1cnccc1C)[n+]2C. The predicted octanol–water partition coefficient (Wildman–Crippen LogP) is 6.38. The van der Waals surface area contributed by atoms with E-state index in [0.717, 1.165) is 0 Å². The second kappa shape index (κ2) is 7.71. The van der Waals surface area contributed by atoms with Gasteiger partial charge in [-0.05, 0) is 55.0 Å². The van der Waals surface area contributed by atoms with Crippen molar-refractivity contribution >= 4 is 11.0 Å². The number of fused-ring (bicyclic) bond motifs is 1. The molecule has 4 aromatic rings. The molecule has 0 fully saturated rings. The van der Waals surface area contributed by atoms with Crippen molar-refractivity contribution in [1.82, 2.24) is 9.55 Å². The van der Waals surface area contributed by atoms with Crippen LogP contribution in [-0.2, 0) is 7.05 Å². The van der Waals surface area contributed by atoms with Gasteiger partial charge in [0.25, 0.3) is 5.82 Å². The molecule has 0 N–H and O–H groups in total. The lowest BCUT2D eigenvalue weighted by Crippen LogP contribution is -2.30. The van der Waals surface area contributed by atoms with E-state index in [0.29, 0.717) is 11.8 Å². The molecule has 4 rings (SSSR count). The van der Waals surface area contributed by atoms with E-state index >= 15 is 0 Å². The van der Waals surface area contributed by atoms with E-state index in [4.69, 9.17) is 0 Å². The van der Waals surface area contributed by atoms with Crippen molar-refractivity contribution in [2.45, 2.75) is 53.4 Å². The van der Waals surface area contributed by atoms with Crippen LogP contribution < -0.4 is 4.57 Å². The number of nitrogens with zero attached hydrogens (tertiary/aromatic N) is 3. The van der Waals surface area contributed by atoms with Crippen molar-refractivity contribution in [3.63, 3.8) is 0 Å². The third kappa shape index (κ3) is 3.23. The summed E-state index contributed by atoms with van der Waals surface area (Å²) in [7, 11) is 2.17. The van der Waals surface area contributed by atoms with Crippen LogP contribution in [0.5, 0.6) is 0 Å². The summed E-state index contributed by atoms with van der Waals surface area (Å²) in [5.41, 5.74) is 10.2. The second-order valence-electron chi connectivity index (χ2n) is 9.00. The molecular weight excluding hydrogens is 366 g/mol. The van der Waals surface area contributed by atoms with Gasteiger partial charge in [-0.25, -0.2) is 4.57 Å². The van der Waals surface area contributed by atoms with Gasteiger partial charge in [-0.3, -0.25) is 4.98 Å². The summed E-state index contributed by atoms with van der Waals surface area (Å²) in [6, 6.07) is 15.6. The monoisotopic (exact) mass is 398 g/mol. The molecule has 30 heavy (non-hydrogen) atoms. The Bertz CT molecular complexity index is 1200. The number of rotatable bonds is 4. The van der Waals surface area contributed by atoms with Crippen molar-refractivity contribution in [3.8, 4) is 17.1 Å². The summed E-state index contributed by atoms with van der Waals surface area (Å²) in [6.45, 7) is 13.5. The summed E-state index contributed by atoms with van der Waals surface area (Å²) in [4.78, 5) is 4.47. The van der Waals surface area contributed by atoms with Crippen molar-refractivity contribution in [1.29, 1.82) is 0 Å². The van der Waals surface area contributed by atoms with Crippen LogP contribution in [-0.4, -0.2) is 9.55 Å². The van der Waals surface area contributed by atoms with Gasteiger partial charge in [0.2, 0.25) is 0 Å². The summed E-state index contributed by atoms with van der Waals surface area (Å²) in [5.74, 6) is 2.03. The summed E-state index contributed by atoms with van der Waals surface area (Å²) < 4.78 is 4.80. The molecule has 0 aliphatic heterocycles. The standard InChI is InChI=1S/C27H32N3/c1-17(2)21-9-8-10-22(18(3)4)26(21)30-25-15-19(5)11-12-24(25)29(7)27(30)23-16-28-14-13-20(23)6/h8-18H,1-7H3/q+1. The molecule has 0 saturated heterocycles. The van der Waals surface area contributed by atoms with Gasteiger partial charge >= 0.3 is 0 Å². The average Bonchev–Trinajstić information content (AvgIpc) is 2.99. The van der Waals surface area contributed by atoms with E-state index < -0.39 is 0 Å². The van der Waals surface area contributed by atoms with Gasteiger partial charge in [0.15, 0.2) is 11.0 Å². The number of aryl methyl sites for hydroxylation is 3. The Hall–Kier alpha value is -2.94. The maximum Gasteiger partial charge on any atom is 0.296 e. The lowest BCUT2D eigenvalue weighted by atomic mass is 9.92. The van der Waals surface area contributed by atoms with Crippen LogP contribution in [0.25, 0.3) is 28.1 Å². The van der Waals surface area contributed by atoms with E-state index in [-0.39, 0.29) is 0 Å². The van der Waals surface area contributed by atoms with Crippen molar-refractivity contribution < 1.29 is 4.57 Å². The summed E-state index contributed by atoms with van der Waals surface area (Å²) in [5, 5.41) is 0. The minimum Gasteiger partial charge on any atom is -0.264 e. The Morgan fingerprint density at radius 3 is 2.17 bits per heavy atom. The van der Waals surface area contributed by atoms with E-state index in [1.807, 2.05) is 12.4 Å². The molecule has 0 radical (unpaired) electrons. The third-order valence-corrected chi connectivity index (χ3v) is 6.11. The Morgan fingerprint density at radius 2 is 1.57 bits per heavy atom. The van der Waals surface area contributed by atoms with Gasteiger partial charge in [0, 0.05) is 23.5 Å². The van der Waals surface area contributed by atoms with Gasteiger partial charge < -0.3 is 0 Å². The highest BCUT2D eigenvalue weighted by Gasteiger charge is 2.31. The van der Waals surface area contributed by atoms with Crippen molar-refractivity contribution in [3.05, 3.63) is 77.1 Å². The average molecular weight is 399 g/mol. The molecule has 0 bridgehead atoms. The fourth-order valence-corrected chi connectivity index (χ4v) is 4.47. The van der Waals surface area contributed by atoms with Gasteiger partial charge in [-0.1, -0.05) is 52.0 Å². The molecule has 3 nitrogen and oxygen atoms in total. The first-order valence-corrected chi connectivity index (χ1v) is 10.9. The van der Waals surface area contributed by atoms with Crippen LogP contribution in [0.15, 0.2) is 54.9 Å². The molecule has 3 heteroatoms. The fraction of sp³-hybridized carbons (Fsp3) is 0.333. The van der Waals surface area contributed by atoms with Crippen LogP contribution in [0, 0.1) is 13.8 Å². The highest BCUT2D eigenvalue weighted by Crippen LogP contribution is 2.37. The quantitative estimate of drug-likeness (QED) is 0.366. The molecule has 0 atom stereocenters. The first-order chi connectivity index (χ1) is 14.3. The van der Waals surface area contributed by atoms with E-state index in [1.165, 1.54) is 50.4 Å². The molecule has 0 spiro atoms. The maximum atomic E-state index is 4.47. The number of hydrogen-bond donors (Lipinski definition) is 0. The van der Waals surface area contributed by atoms with E-state index in [2.05, 4.69) is 105 Å². The topological polar surface area (TPSA) is 21.7 Å². The molecule has 0 saturated carbocycles. The molecule has 2 aromatic heterocycles. The highest BCUT2D eigenvalue weighted by molar-refractivity contribution is 5.81. The predicted molar refractivity (Wildman–Crippen MR) is 125 cm³/mol. The molecular formula is C27H32N3+. The third-order valence-electron chi connectivity index (χ3n) is 6.11. The van der Waals surface area contributed by atoms with Crippen LogP contribution in [0.3, 0.4) is 0 Å². The Morgan fingerprint density at radius 1 is 0.900 bits per heavy atom. The summed E-state index contributed by atoms with van der Waals surface area (Å²) >= 11 is 0. The van der Waals surface area contributed by atoms with Crippen molar-refractivity contribution in [2.24, 2.45) is 7.05 Å². The van der Waals surface area contributed by atoms with E-state index in [1.54, 1.807) is 0 Å². The lowest BCUT2D eigenvalue weighted by molar-refractivity contribution is -0.633. The number of para-hydroxylation sites is 1. The smallest absolute Gasteiger partial charge is 0.264 e. The molecule has 2 heterocycles. The zero-order valence-electron chi connectivity index (χ0n) is 19.2. The first-order valence-electron chi connectivity index (χ1n) is 10.9. The fourth-order valence-electron chi connectivity index (χ4n) is 4.47. The number of hydrogen-bond acceptors (Lipinski definition) is 1. The maximum absolute atomic E-state index is 4.47. The Balaban J connectivity index is 2.24. The zero-order chi connectivity index (χ0) is 21.6. The zero-order valence-corrected chi connectivity index (χ0v) is 19.2. The van der Waals surface area contributed by atoms with Crippen LogP contribution in [0.2, 0.25) is 0 Å². The van der Waals surface area contributed by atoms with Gasteiger partial charge in [-0.15, -0.1) is 0 Å².